The standard InChI is InChI=1S/C14H18N2OS/c1-10-14(18-13(16-10)7-8-15-2)11-5-4-6-12(9-11)17-3/h4-6,9,15H,7-8H2,1-3H3. The molecule has 1 heterocycles. The first kappa shape index (κ1) is 13.1. The molecule has 0 amide bonds. The predicted octanol–water partition coefficient (Wildman–Crippen LogP) is 2.89. The molecule has 2 aromatic rings. The Balaban J connectivity index is 2.29. The molecule has 1 aromatic carbocycles. The van der Waals surface area contributed by atoms with Crippen molar-refractivity contribution in [1.82, 2.24) is 10.3 Å². The Morgan fingerprint density at radius 2 is 2.22 bits per heavy atom. The van der Waals surface area contributed by atoms with Crippen molar-refractivity contribution in [3.63, 3.8) is 0 Å². The molecule has 0 saturated carbocycles. The van der Waals surface area contributed by atoms with Crippen LogP contribution in [0.5, 0.6) is 5.75 Å². The van der Waals surface area contributed by atoms with E-state index in [-0.39, 0.29) is 0 Å². The fraction of sp³-hybridized carbons (Fsp3) is 0.357. The van der Waals surface area contributed by atoms with Crippen LogP contribution < -0.4 is 10.1 Å². The van der Waals surface area contributed by atoms with Crippen LogP contribution in [0.1, 0.15) is 10.7 Å². The number of nitrogens with zero attached hydrogens (tertiary/aromatic N) is 1. The second-order valence-corrected chi connectivity index (χ2v) is 5.19. The molecule has 3 nitrogen and oxygen atoms in total. The first-order valence-corrected chi connectivity index (χ1v) is 6.81. The molecule has 1 aromatic heterocycles. The average molecular weight is 262 g/mol. The minimum absolute atomic E-state index is 0.886. The molecule has 0 aliphatic rings. The summed E-state index contributed by atoms with van der Waals surface area (Å²) in [6.07, 6.45) is 0.978. The fourth-order valence-corrected chi connectivity index (χ4v) is 2.88. The summed E-state index contributed by atoms with van der Waals surface area (Å²) in [7, 11) is 3.65. The largest absolute Gasteiger partial charge is 0.497 e. The van der Waals surface area contributed by atoms with E-state index in [4.69, 9.17) is 4.74 Å². The topological polar surface area (TPSA) is 34.2 Å². The van der Waals surface area contributed by atoms with Crippen molar-refractivity contribution < 1.29 is 4.74 Å². The van der Waals surface area contributed by atoms with Gasteiger partial charge in [-0.3, -0.25) is 0 Å². The summed E-state index contributed by atoms with van der Waals surface area (Å²) in [4.78, 5) is 5.85. The van der Waals surface area contributed by atoms with Crippen LogP contribution in [0.25, 0.3) is 10.4 Å². The Morgan fingerprint density at radius 3 is 2.94 bits per heavy atom. The maximum Gasteiger partial charge on any atom is 0.119 e. The van der Waals surface area contributed by atoms with Crippen LogP contribution in [0.3, 0.4) is 0 Å². The van der Waals surface area contributed by atoms with E-state index in [9.17, 15) is 0 Å². The Hall–Kier alpha value is -1.39. The number of aromatic nitrogens is 1. The minimum Gasteiger partial charge on any atom is -0.497 e. The lowest BCUT2D eigenvalue weighted by Crippen LogP contribution is -2.09. The summed E-state index contributed by atoms with van der Waals surface area (Å²) in [5, 5.41) is 4.33. The molecule has 0 aliphatic carbocycles. The minimum atomic E-state index is 0.886. The molecule has 2 rings (SSSR count). The number of aryl methyl sites for hydroxylation is 1. The Kier molecular flexibility index (Phi) is 4.33. The van der Waals surface area contributed by atoms with Crippen LogP contribution in [0, 0.1) is 6.92 Å². The van der Waals surface area contributed by atoms with Gasteiger partial charge in [0.1, 0.15) is 5.75 Å². The van der Waals surface area contributed by atoms with Gasteiger partial charge in [0.2, 0.25) is 0 Å². The molecule has 0 spiro atoms. The zero-order chi connectivity index (χ0) is 13.0. The number of nitrogens with one attached hydrogen (secondary N) is 1. The molecule has 0 aliphatic heterocycles. The second kappa shape index (κ2) is 5.98. The van der Waals surface area contributed by atoms with E-state index in [2.05, 4.69) is 29.4 Å². The number of rotatable bonds is 5. The van der Waals surface area contributed by atoms with E-state index in [0.717, 1.165) is 24.4 Å². The van der Waals surface area contributed by atoms with Crippen LogP contribution in [0.15, 0.2) is 24.3 Å². The quantitative estimate of drug-likeness (QED) is 0.899. The fourth-order valence-electron chi connectivity index (χ4n) is 1.82. The van der Waals surface area contributed by atoms with Gasteiger partial charge in [0.05, 0.1) is 22.7 Å². The van der Waals surface area contributed by atoms with Crippen molar-refractivity contribution in [3.8, 4) is 16.2 Å². The van der Waals surface area contributed by atoms with Gasteiger partial charge >= 0.3 is 0 Å². The number of hydrogen-bond donors (Lipinski definition) is 1. The SMILES string of the molecule is CNCCc1nc(C)c(-c2cccc(OC)c2)s1. The molecule has 0 atom stereocenters. The number of likely N-dealkylation sites (N-methyl/N-ethyl adjacent to an activating group) is 1. The predicted molar refractivity (Wildman–Crippen MR) is 76.5 cm³/mol. The Labute approximate surface area is 112 Å². The smallest absolute Gasteiger partial charge is 0.119 e. The number of thiazole rings is 1. The van der Waals surface area contributed by atoms with E-state index < -0.39 is 0 Å². The molecule has 0 radical (unpaired) electrons. The number of methoxy groups -OCH3 is 1. The maximum absolute atomic E-state index is 5.26. The van der Waals surface area contributed by atoms with Crippen molar-refractivity contribution in [2.75, 3.05) is 20.7 Å². The molecule has 96 valence electrons. The van der Waals surface area contributed by atoms with Crippen molar-refractivity contribution in [3.05, 3.63) is 35.0 Å². The lowest BCUT2D eigenvalue weighted by Gasteiger charge is -2.02. The van der Waals surface area contributed by atoms with Gasteiger partial charge in [0.15, 0.2) is 0 Å². The lowest BCUT2D eigenvalue weighted by atomic mass is 10.1. The van der Waals surface area contributed by atoms with Crippen LogP contribution in [0.2, 0.25) is 0 Å². The molecule has 0 bridgehead atoms. The average Bonchev–Trinajstić information content (AvgIpc) is 2.77. The molecular weight excluding hydrogens is 244 g/mol. The summed E-state index contributed by atoms with van der Waals surface area (Å²) in [6.45, 7) is 3.03. The van der Waals surface area contributed by atoms with Crippen molar-refractivity contribution in [1.29, 1.82) is 0 Å². The number of benzene rings is 1. The highest BCUT2D eigenvalue weighted by atomic mass is 32.1. The highest BCUT2D eigenvalue weighted by Gasteiger charge is 2.10. The van der Waals surface area contributed by atoms with Crippen LogP contribution in [0.4, 0.5) is 0 Å². The lowest BCUT2D eigenvalue weighted by molar-refractivity contribution is 0.415. The summed E-state index contributed by atoms with van der Waals surface area (Å²) >= 11 is 1.77. The van der Waals surface area contributed by atoms with E-state index >= 15 is 0 Å². The van der Waals surface area contributed by atoms with Gasteiger partial charge in [-0.25, -0.2) is 4.98 Å². The first-order valence-electron chi connectivity index (χ1n) is 6.00. The van der Waals surface area contributed by atoms with Crippen LogP contribution in [-0.4, -0.2) is 25.7 Å². The van der Waals surface area contributed by atoms with E-state index in [1.807, 2.05) is 19.2 Å². The zero-order valence-corrected chi connectivity index (χ0v) is 11.8. The third kappa shape index (κ3) is 2.89. The summed E-state index contributed by atoms with van der Waals surface area (Å²) in [5.74, 6) is 0.886. The monoisotopic (exact) mass is 262 g/mol. The molecular formula is C14H18N2OS. The molecule has 4 heteroatoms. The highest BCUT2D eigenvalue weighted by Crippen LogP contribution is 2.32. The van der Waals surface area contributed by atoms with E-state index in [1.165, 1.54) is 15.4 Å². The zero-order valence-electron chi connectivity index (χ0n) is 11.0. The summed E-state index contributed by atoms with van der Waals surface area (Å²) in [5.41, 5.74) is 2.28. The number of hydrogen-bond acceptors (Lipinski definition) is 4. The Bertz CT molecular complexity index is 522. The van der Waals surface area contributed by atoms with E-state index in [1.54, 1.807) is 18.4 Å². The maximum atomic E-state index is 5.26. The van der Waals surface area contributed by atoms with Crippen molar-refractivity contribution in [2.45, 2.75) is 13.3 Å². The van der Waals surface area contributed by atoms with Gasteiger partial charge in [-0.2, -0.15) is 0 Å². The molecule has 0 fully saturated rings. The van der Waals surface area contributed by atoms with E-state index in [0.29, 0.717) is 0 Å². The molecule has 0 saturated heterocycles. The van der Waals surface area contributed by atoms with Gasteiger partial charge < -0.3 is 10.1 Å². The van der Waals surface area contributed by atoms with Gasteiger partial charge in [0, 0.05) is 13.0 Å². The van der Waals surface area contributed by atoms with Crippen molar-refractivity contribution >= 4 is 11.3 Å². The normalized spacial score (nSPS) is 10.6. The molecule has 1 N–H and O–H groups in total. The van der Waals surface area contributed by atoms with Crippen LogP contribution in [-0.2, 0) is 6.42 Å². The third-order valence-electron chi connectivity index (χ3n) is 2.76. The van der Waals surface area contributed by atoms with Gasteiger partial charge in [-0.05, 0) is 31.7 Å². The highest BCUT2D eigenvalue weighted by molar-refractivity contribution is 7.15. The third-order valence-corrected chi connectivity index (χ3v) is 4.03. The van der Waals surface area contributed by atoms with Gasteiger partial charge in [0.25, 0.3) is 0 Å². The van der Waals surface area contributed by atoms with Gasteiger partial charge in [-0.15, -0.1) is 11.3 Å². The van der Waals surface area contributed by atoms with Crippen molar-refractivity contribution in [2.24, 2.45) is 0 Å². The summed E-state index contributed by atoms with van der Waals surface area (Å²) in [6, 6.07) is 8.13. The van der Waals surface area contributed by atoms with Gasteiger partial charge in [-0.1, -0.05) is 12.1 Å². The van der Waals surface area contributed by atoms with Crippen LogP contribution >= 0.6 is 11.3 Å². The first-order chi connectivity index (χ1) is 8.74. The molecule has 18 heavy (non-hydrogen) atoms. The Morgan fingerprint density at radius 1 is 1.39 bits per heavy atom. The second-order valence-electron chi connectivity index (χ2n) is 4.11. The molecule has 0 unspecified atom stereocenters. The summed E-state index contributed by atoms with van der Waals surface area (Å²) < 4.78 is 5.26. The number of ether oxygens (including phenoxy) is 1.